The van der Waals surface area contributed by atoms with Crippen LogP contribution in [0.5, 0.6) is 11.5 Å². The molecule has 0 radical (unpaired) electrons. The van der Waals surface area contributed by atoms with E-state index in [0.29, 0.717) is 40.1 Å². The highest BCUT2D eigenvalue weighted by Gasteiger charge is 2.41. The zero-order chi connectivity index (χ0) is 21.1. The maximum absolute atomic E-state index is 12.8. The van der Waals surface area contributed by atoms with Gasteiger partial charge in [-0.2, -0.15) is 0 Å². The molecule has 0 saturated carbocycles. The van der Waals surface area contributed by atoms with E-state index in [-0.39, 0.29) is 12.5 Å². The van der Waals surface area contributed by atoms with E-state index in [1.807, 2.05) is 54.6 Å². The van der Waals surface area contributed by atoms with E-state index in [1.165, 1.54) is 11.8 Å². The summed E-state index contributed by atoms with van der Waals surface area (Å²) in [5.74, 6) is 1.50. The number of ether oxygens (including phenoxy) is 2. The zero-order valence-corrected chi connectivity index (χ0v) is 17.6. The first-order valence-corrected chi connectivity index (χ1v) is 10.8. The van der Waals surface area contributed by atoms with Crippen molar-refractivity contribution in [2.45, 2.75) is 26.3 Å². The highest BCUT2D eigenvalue weighted by Crippen LogP contribution is 2.41. The molecule has 1 amide bonds. The highest BCUT2D eigenvalue weighted by atomic mass is 32.2. The summed E-state index contributed by atoms with van der Waals surface area (Å²) in [7, 11) is 0. The minimum atomic E-state index is -0.601. The molecule has 0 unspecified atom stereocenters. The third kappa shape index (κ3) is 3.98. The predicted octanol–water partition coefficient (Wildman–Crippen LogP) is 4.69. The van der Waals surface area contributed by atoms with E-state index >= 15 is 0 Å². The van der Waals surface area contributed by atoms with Gasteiger partial charge in [-0.1, -0.05) is 42.1 Å². The predicted molar refractivity (Wildman–Crippen MR) is 116 cm³/mol. The number of rotatable bonds is 5. The molecule has 0 aromatic heterocycles. The Morgan fingerprint density at radius 3 is 2.70 bits per heavy atom. The number of hydrogen-bond donors (Lipinski definition) is 0. The molecule has 1 atom stereocenters. The van der Waals surface area contributed by atoms with Crippen molar-refractivity contribution in [3.8, 4) is 11.5 Å². The number of carbonyl (C=O) groups is 2. The summed E-state index contributed by atoms with van der Waals surface area (Å²) in [6.07, 6.45) is 0.398. The lowest BCUT2D eigenvalue weighted by Crippen LogP contribution is -2.45. The fourth-order valence-corrected chi connectivity index (χ4v) is 4.56. The number of benzene rings is 2. The molecular weight excluding hydrogens is 400 g/mol. The van der Waals surface area contributed by atoms with E-state index in [9.17, 15) is 9.59 Å². The molecule has 6 nitrogen and oxygen atoms in total. The number of fused-ring (bicyclic) bond motifs is 1. The molecule has 2 heterocycles. The Labute approximate surface area is 179 Å². The number of amides is 1. The number of allylic oxidation sites excluding steroid dienone is 1. The first-order valence-electron chi connectivity index (χ1n) is 9.82. The van der Waals surface area contributed by atoms with Crippen LogP contribution < -0.4 is 4.74 Å². The first kappa shape index (κ1) is 20.2. The van der Waals surface area contributed by atoms with Crippen LogP contribution in [0.25, 0.3) is 0 Å². The van der Waals surface area contributed by atoms with E-state index in [2.05, 4.69) is 4.99 Å². The van der Waals surface area contributed by atoms with Gasteiger partial charge in [-0.15, -0.1) is 0 Å². The first-order chi connectivity index (χ1) is 14.6. The van der Waals surface area contributed by atoms with Gasteiger partial charge in [-0.05, 0) is 43.7 Å². The molecule has 2 aliphatic heterocycles. The Morgan fingerprint density at radius 1 is 1.17 bits per heavy atom. The van der Waals surface area contributed by atoms with Crippen molar-refractivity contribution in [1.29, 1.82) is 0 Å². The Balaban J connectivity index is 1.77. The summed E-state index contributed by atoms with van der Waals surface area (Å²) >= 11 is 1.52. The average Bonchev–Trinajstić information content (AvgIpc) is 2.74. The molecule has 1 fully saturated rings. The topological polar surface area (TPSA) is 68.2 Å². The Bertz CT molecular complexity index is 1030. The normalized spacial score (nSPS) is 18.6. The summed E-state index contributed by atoms with van der Waals surface area (Å²) in [5, 5.41) is 0.621. The molecule has 1 saturated heterocycles. The van der Waals surface area contributed by atoms with Gasteiger partial charge >= 0.3 is 5.97 Å². The molecule has 0 bridgehead atoms. The smallest absolute Gasteiger partial charge is 0.338 e. The van der Waals surface area contributed by atoms with Gasteiger partial charge in [-0.3, -0.25) is 9.69 Å². The third-order valence-corrected chi connectivity index (χ3v) is 5.81. The number of hydrogen-bond acceptors (Lipinski definition) is 6. The maximum atomic E-state index is 12.8. The van der Waals surface area contributed by atoms with Crippen molar-refractivity contribution in [2.75, 3.05) is 12.4 Å². The fraction of sp³-hybridized carbons (Fsp3) is 0.261. The Morgan fingerprint density at radius 2 is 1.93 bits per heavy atom. The molecule has 0 N–H and O–H groups in total. The molecule has 0 aliphatic carbocycles. The van der Waals surface area contributed by atoms with Gasteiger partial charge < -0.3 is 9.47 Å². The van der Waals surface area contributed by atoms with Crippen LogP contribution in [0.15, 0.2) is 70.9 Å². The monoisotopic (exact) mass is 422 g/mol. The fourth-order valence-electron chi connectivity index (χ4n) is 3.55. The van der Waals surface area contributed by atoms with Crippen LogP contribution in [0.3, 0.4) is 0 Å². The summed E-state index contributed by atoms with van der Waals surface area (Å²) in [4.78, 5) is 31.8. The second kappa shape index (κ2) is 8.75. The van der Waals surface area contributed by atoms with Crippen LogP contribution in [0, 0.1) is 0 Å². The van der Waals surface area contributed by atoms with E-state index in [1.54, 1.807) is 18.7 Å². The molecule has 4 rings (SSSR count). The van der Waals surface area contributed by atoms with Crippen LogP contribution in [-0.4, -0.2) is 34.3 Å². The van der Waals surface area contributed by atoms with Crippen molar-refractivity contribution >= 4 is 28.8 Å². The molecule has 2 aromatic rings. The van der Waals surface area contributed by atoms with Crippen LogP contribution >= 0.6 is 11.8 Å². The Hall–Kier alpha value is -3.06. The molecule has 30 heavy (non-hydrogen) atoms. The van der Waals surface area contributed by atoms with Crippen molar-refractivity contribution in [2.24, 2.45) is 4.99 Å². The maximum Gasteiger partial charge on any atom is 0.338 e. The number of esters is 1. The largest absolute Gasteiger partial charge is 0.463 e. The van der Waals surface area contributed by atoms with Gasteiger partial charge in [-0.25, -0.2) is 9.79 Å². The molecule has 154 valence electrons. The number of amidine groups is 1. The number of thioether (sulfide) groups is 1. The van der Waals surface area contributed by atoms with E-state index in [4.69, 9.17) is 9.47 Å². The minimum absolute atomic E-state index is 0.0545. The summed E-state index contributed by atoms with van der Waals surface area (Å²) in [6, 6.07) is 16.3. The SMILES string of the molecule is CCOC(=O)C1=C(C)N=C2SCCC(=O)N2[C@@H]1c1cccc(Oc2ccccc2)c1. The van der Waals surface area contributed by atoms with Gasteiger partial charge in [0.05, 0.1) is 23.9 Å². The molecule has 0 spiro atoms. The second-order valence-electron chi connectivity index (χ2n) is 6.87. The lowest BCUT2D eigenvalue weighted by atomic mass is 9.94. The van der Waals surface area contributed by atoms with Gasteiger partial charge in [0.25, 0.3) is 0 Å². The average molecular weight is 423 g/mol. The van der Waals surface area contributed by atoms with Crippen LogP contribution in [0.4, 0.5) is 0 Å². The van der Waals surface area contributed by atoms with Crippen molar-refractivity contribution in [3.63, 3.8) is 0 Å². The molecule has 2 aromatic carbocycles. The molecule has 7 heteroatoms. The summed E-state index contributed by atoms with van der Waals surface area (Å²) < 4.78 is 11.3. The molecule has 2 aliphatic rings. The van der Waals surface area contributed by atoms with Crippen molar-refractivity contribution in [1.82, 2.24) is 4.90 Å². The standard InChI is InChI=1S/C23H22N2O4S/c1-3-28-22(27)20-15(2)24-23-25(19(26)12-13-30-23)21(20)16-8-7-11-18(14-16)29-17-9-5-4-6-10-17/h4-11,14,21H,3,12-13H2,1-2H3/t21-/m1/s1. The lowest BCUT2D eigenvalue weighted by Gasteiger charge is -2.38. The molecular formula is C23H22N2O4S. The number of carbonyl (C=O) groups excluding carboxylic acids is 2. The number of nitrogens with zero attached hydrogens (tertiary/aromatic N) is 2. The summed E-state index contributed by atoms with van der Waals surface area (Å²) in [5.41, 5.74) is 1.73. The lowest BCUT2D eigenvalue weighted by molar-refractivity contribution is -0.139. The van der Waals surface area contributed by atoms with Crippen LogP contribution in [0.1, 0.15) is 31.9 Å². The van der Waals surface area contributed by atoms with Crippen LogP contribution in [-0.2, 0) is 14.3 Å². The van der Waals surface area contributed by atoms with E-state index in [0.717, 1.165) is 5.56 Å². The van der Waals surface area contributed by atoms with Gasteiger partial charge in [0.15, 0.2) is 5.17 Å². The van der Waals surface area contributed by atoms with Crippen molar-refractivity contribution in [3.05, 3.63) is 71.4 Å². The van der Waals surface area contributed by atoms with E-state index < -0.39 is 12.0 Å². The highest BCUT2D eigenvalue weighted by molar-refractivity contribution is 8.14. The van der Waals surface area contributed by atoms with Crippen molar-refractivity contribution < 1.29 is 19.1 Å². The second-order valence-corrected chi connectivity index (χ2v) is 7.93. The Kier molecular flexibility index (Phi) is 5.90. The zero-order valence-electron chi connectivity index (χ0n) is 16.8. The quantitative estimate of drug-likeness (QED) is 0.654. The van der Waals surface area contributed by atoms with Gasteiger partial charge in [0, 0.05) is 12.2 Å². The van der Waals surface area contributed by atoms with Gasteiger partial charge in [0.2, 0.25) is 5.91 Å². The number of para-hydroxylation sites is 1. The summed E-state index contributed by atoms with van der Waals surface area (Å²) in [6.45, 7) is 3.79. The number of aliphatic imine (C=N–C) groups is 1. The minimum Gasteiger partial charge on any atom is -0.463 e. The third-order valence-electron chi connectivity index (χ3n) is 4.85. The van der Waals surface area contributed by atoms with Crippen LogP contribution in [0.2, 0.25) is 0 Å². The van der Waals surface area contributed by atoms with Gasteiger partial charge in [0.1, 0.15) is 11.5 Å².